The largest absolute Gasteiger partial charge is 0.390 e. The third-order valence-electron chi connectivity index (χ3n) is 3.82. The molecule has 0 aliphatic carbocycles. The highest BCUT2D eigenvalue weighted by atomic mass is 16.7. The van der Waals surface area contributed by atoms with Crippen LogP contribution in [0.1, 0.15) is 11.9 Å². The van der Waals surface area contributed by atoms with Crippen LogP contribution in [0.3, 0.4) is 0 Å². The Balaban J connectivity index is 1.79. The number of azide groups is 1. The van der Waals surface area contributed by atoms with Gasteiger partial charge in [-0.2, -0.15) is 0 Å². The predicted octanol–water partition coefficient (Wildman–Crippen LogP) is 1.51. The molecule has 0 amide bonds. The fraction of sp³-hybridized carbons (Fsp3) is 0.571. The summed E-state index contributed by atoms with van der Waals surface area (Å²) in [6.45, 7) is 0.254. The van der Waals surface area contributed by atoms with Crippen molar-refractivity contribution in [2.75, 3.05) is 13.7 Å². The lowest BCUT2D eigenvalue weighted by Crippen LogP contribution is -2.61. The number of hydrogen-bond donors (Lipinski definition) is 1. The molecule has 118 valence electrons. The molecule has 0 saturated carbocycles. The van der Waals surface area contributed by atoms with Gasteiger partial charge in [-0.3, -0.25) is 0 Å². The molecule has 2 heterocycles. The summed E-state index contributed by atoms with van der Waals surface area (Å²) in [5.41, 5.74) is 9.50. The van der Waals surface area contributed by atoms with E-state index in [4.69, 9.17) is 24.5 Å². The van der Waals surface area contributed by atoms with Crippen molar-refractivity contribution < 1.29 is 24.1 Å². The minimum absolute atomic E-state index is 0.254. The Kier molecular flexibility index (Phi) is 4.58. The van der Waals surface area contributed by atoms with Crippen molar-refractivity contribution in [3.63, 3.8) is 0 Å². The number of ether oxygens (including phenoxy) is 4. The van der Waals surface area contributed by atoms with Crippen molar-refractivity contribution in [1.82, 2.24) is 0 Å². The van der Waals surface area contributed by atoms with E-state index in [0.717, 1.165) is 5.56 Å². The molecular weight excluding hydrogens is 290 g/mol. The van der Waals surface area contributed by atoms with Gasteiger partial charge in [0, 0.05) is 17.6 Å². The van der Waals surface area contributed by atoms with Gasteiger partial charge in [0.1, 0.15) is 18.2 Å². The molecule has 3 rings (SSSR count). The average molecular weight is 307 g/mol. The van der Waals surface area contributed by atoms with Crippen molar-refractivity contribution in [1.29, 1.82) is 0 Å². The Bertz CT molecular complexity index is 551. The highest BCUT2D eigenvalue weighted by Gasteiger charge is 2.49. The quantitative estimate of drug-likeness (QED) is 0.517. The molecule has 22 heavy (non-hydrogen) atoms. The molecule has 1 aromatic rings. The zero-order valence-corrected chi connectivity index (χ0v) is 12.0. The number of aliphatic hydroxyl groups is 1. The molecule has 8 nitrogen and oxygen atoms in total. The molecule has 0 bridgehead atoms. The highest BCUT2D eigenvalue weighted by molar-refractivity contribution is 5.16. The third-order valence-corrected chi connectivity index (χ3v) is 3.82. The van der Waals surface area contributed by atoms with Crippen molar-refractivity contribution in [3.05, 3.63) is 46.3 Å². The summed E-state index contributed by atoms with van der Waals surface area (Å²) >= 11 is 0. The summed E-state index contributed by atoms with van der Waals surface area (Å²) in [7, 11) is 1.43. The number of fused-ring (bicyclic) bond motifs is 1. The predicted molar refractivity (Wildman–Crippen MR) is 74.6 cm³/mol. The molecule has 1 unspecified atom stereocenters. The maximum atomic E-state index is 10.5. The molecule has 2 saturated heterocycles. The SMILES string of the molecule is CO[C@@H]1O[C@@H]2COC(c3ccccc3)O[C@H]2[C@H](O)[C@H]1N=[N+]=[N-]. The van der Waals surface area contributed by atoms with Crippen LogP contribution in [0.2, 0.25) is 0 Å². The van der Waals surface area contributed by atoms with Crippen LogP contribution in [-0.2, 0) is 18.9 Å². The van der Waals surface area contributed by atoms with Crippen LogP contribution in [0.5, 0.6) is 0 Å². The summed E-state index contributed by atoms with van der Waals surface area (Å²) in [5.74, 6) is 0. The van der Waals surface area contributed by atoms with E-state index in [2.05, 4.69) is 10.0 Å². The molecule has 1 aromatic carbocycles. The fourth-order valence-electron chi connectivity index (χ4n) is 2.73. The average Bonchev–Trinajstić information content (AvgIpc) is 2.58. The second-order valence-electron chi connectivity index (χ2n) is 5.14. The van der Waals surface area contributed by atoms with E-state index in [1.807, 2.05) is 30.3 Å². The normalized spacial score (nSPS) is 37.9. The van der Waals surface area contributed by atoms with E-state index in [9.17, 15) is 5.11 Å². The maximum absolute atomic E-state index is 10.5. The van der Waals surface area contributed by atoms with Gasteiger partial charge in [0.25, 0.3) is 0 Å². The fourth-order valence-corrected chi connectivity index (χ4v) is 2.73. The van der Waals surface area contributed by atoms with Gasteiger partial charge in [-0.15, -0.1) is 0 Å². The van der Waals surface area contributed by atoms with Crippen LogP contribution in [0.4, 0.5) is 0 Å². The van der Waals surface area contributed by atoms with Crippen molar-refractivity contribution >= 4 is 0 Å². The minimum atomic E-state index is -1.03. The van der Waals surface area contributed by atoms with Crippen LogP contribution in [0.25, 0.3) is 10.4 Å². The summed E-state index contributed by atoms with van der Waals surface area (Å²) in [6.07, 6.45) is -3.58. The maximum Gasteiger partial charge on any atom is 0.184 e. The number of nitrogens with zero attached hydrogens (tertiary/aromatic N) is 3. The number of benzene rings is 1. The van der Waals surface area contributed by atoms with E-state index in [-0.39, 0.29) is 6.61 Å². The summed E-state index contributed by atoms with van der Waals surface area (Å²) in [4.78, 5) is 2.74. The van der Waals surface area contributed by atoms with Crippen LogP contribution in [0.15, 0.2) is 35.4 Å². The second kappa shape index (κ2) is 6.62. The Morgan fingerprint density at radius 3 is 2.77 bits per heavy atom. The van der Waals surface area contributed by atoms with Crippen molar-refractivity contribution in [3.8, 4) is 0 Å². The molecule has 0 radical (unpaired) electrons. The van der Waals surface area contributed by atoms with Gasteiger partial charge >= 0.3 is 0 Å². The molecule has 2 fully saturated rings. The number of aliphatic hydroxyl groups excluding tert-OH is 1. The van der Waals surface area contributed by atoms with Crippen LogP contribution < -0.4 is 0 Å². The second-order valence-corrected chi connectivity index (χ2v) is 5.14. The van der Waals surface area contributed by atoms with Crippen LogP contribution in [0, 0.1) is 0 Å². The lowest BCUT2D eigenvalue weighted by Gasteiger charge is -2.46. The van der Waals surface area contributed by atoms with E-state index in [1.54, 1.807) is 0 Å². The topological polar surface area (TPSA) is 106 Å². The van der Waals surface area contributed by atoms with Gasteiger partial charge in [0.2, 0.25) is 0 Å². The molecular formula is C14H17N3O5. The lowest BCUT2D eigenvalue weighted by molar-refractivity contribution is -0.338. The Morgan fingerprint density at radius 2 is 2.09 bits per heavy atom. The summed E-state index contributed by atoms with van der Waals surface area (Å²) in [5, 5.41) is 14.0. The molecule has 8 heteroatoms. The number of rotatable bonds is 3. The van der Waals surface area contributed by atoms with Crippen LogP contribution >= 0.6 is 0 Å². The number of hydrogen-bond acceptors (Lipinski definition) is 6. The molecule has 0 aromatic heterocycles. The van der Waals surface area contributed by atoms with E-state index < -0.39 is 36.9 Å². The summed E-state index contributed by atoms with van der Waals surface area (Å²) < 4.78 is 22.3. The monoisotopic (exact) mass is 307 g/mol. The lowest BCUT2D eigenvalue weighted by atomic mass is 9.96. The Labute approximate surface area is 127 Å². The Morgan fingerprint density at radius 1 is 1.32 bits per heavy atom. The van der Waals surface area contributed by atoms with Gasteiger partial charge in [-0.05, 0) is 5.53 Å². The first kappa shape index (κ1) is 15.2. The smallest absolute Gasteiger partial charge is 0.184 e. The standard InChI is InChI=1S/C14H17N3O5/c1-19-14-10(16-17-15)11(18)12-9(21-14)7-20-13(22-12)8-5-3-2-4-6-8/h2-6,9-14,18H,7H2,1H3/t9-,10-,11-,12-,13?,14-/m1/s1. The molecule has 0 spiro atoms. The molecule has 6 atom stereocenters. The molecule has 1 N–H and O–H groups in total. The minimum Gasteiger partial charge on any atom is -0.390 e. The van der Waals surface area contributed by atoms with Crippen molar-refractivity contribution in [2.24, 2.45) is 5.11 Å². The molecule has 2 aliphatic rings. The van der Waals surface area contributed by atoms with Gasteiger partial charge in [-0.25, -0.2) is 0 Å². The van der Waals surface area contributed by atoms with Gasteiger partial charge in [0.05, 0.1) is 12.7 Å². The summed E-state index contributed by atoms with van der Waals surface area (Å²) in [6, 6.07) is 8.55. The van der Waals surface area contributed by atoms with E-state index in [1.165, 1.54) is 7.11 Å². The molecule has 2 aliphatic heterocycles. The first-order chi connectivity index (χ1) is 10.7. The van der Waals surface area contributed by atoms with E-state index in [0.29, 0.717) is 0 Å². The van der Waals surface area contributed by atoms with Crippen LogP contribution in [-0.4, -0.2) is 49.5 Å². The third kappa shape index (κ3) is 2.80. The first-order valence-electron chi connectivity index (χ1n) is 6.97. The van der Waals surface area contributed by atoms with Gasteiger partial charge in [-0.1, -0.05) is 35.4 Å². The van der Waals surface area contributed by atoms with E-state index >= 15 is 0 Å². The first-order valence-corrected chi connectivity index (χ1v) is 6.97. The zero-order chi connectivity index (χ0) is 15.5. The Hall–Kier alpha value is -1.67. The van der Waals surface area contributed by atoms with Gasteiger partial charge < -0.3 is 24.1 Å². The van der Waals surface area contributed by atoms with Gasteiger partial charge in [0.15, 0.2) is 12.6 Å². The number of methoxy groups -OCH3 is 1. The highest BCUT2D eigenvalue weighted by Crippen LogP contribution is 2.35. The zero-order valence-electron chi connectivity index (χ0n) is 12.0. The van der Waals surface area contributed by atoms with Crippen molar-refractivity contribution in [2.45, 2.75) is 36.9 Å².